The second kappa shape index (κ2) is 5.87. The van der Waals surface area contributed by atoms with Crippen LogP contribution in [0.2, 0.25) is 18.1 Å². The van der Waals surface area contributed by atoms with E-state index in [2.05, 4.69) is 39.2 Å². The van der Waals surface area contributed by atoms with Gasteiger partial charge in [0.15, 0.2) is 8.32 Å². The molecule has 0 aliphatic carbocycles. The van der Waals surface area contributed by atoms with Gasteiger partial charge in [-0.3, -0.25) is 0 Å². The molecule has 1 heterocycles. The van der Waals surface area contributed by atoms with Crippen LogP contribution in [0.3, 0.4) is 0 Å². The molecule has 0 radical (unpaired) electrons. The summed E-state index contributed by atoms with van der Waals surface area (Å²) < 4.78 is 11.6. The lowest BCUT2D eigenvalue weighted by molar-refractivity contribution is 0.00992. The molecule has 3 N–H and O–H groups in total. The summed E-state index contributed by atoms with van der Waals surface area (Å²) in [5.41, 5.74) is 6.26. The zero-order valence-electron chi connectivity index (χ0n) is 12.4. The predicted octanol–water partition coefficient (Wildman–Crippen LogP) is 2.88. The van der Waals surface area contributed by atoms with E-state index in [-0.39, 0.29) is 5.04 Å². The molecule has 1 aliphatic rings. The fourth-order valence-corrected chi connectivity index (χ4v) is 2.55. The average molecular weight is 305 g/mol. The van der Waals surface area contributed by atoms with Gasteiger partial charge in [0.25, 0.3) is 5.18 Å². The van der Waals surface area contributed by atoms with E-state index in [1.165, 1.54) is 0 Å². The molecule has 1 aliphatic heterocycles. The van der Waals surface area contributed by atoms with Crippen molar-refractivity contribution in [1.82, 2.24) is 5.32 Å². The molecule has 4 nitrogen and oxygen atoms in total. The van der Waals surface area contributed by atoms with Crippen LogP contribution in [0.1, 0.15) is 20.8 Å². The molecular formula is C13H25ClN2O2Si. The maximum atomic E-state index is 6.24. The minimum atomic E-state index is -1.74. The van der Waals surface area contributed by atoms with Gasteiger partial charge in [0.05, 0.1) is 18.9 Å². The van der Waals surface area contributed by atoms with Crippen LogP contribution in [0.25, 0.3) is 0 Å². The third kappa shape index (κ3) is 4.24. The Morgan fingerprint density at radius 1 is 1.37 bits per heavy atom. The first kappa shape index (κ1) is 16.6. The van der Waals surface area contributed by atoms with E-state index in [4.69, 9.17) is 26.5 Å². The van der Waals surface area contributed by atoms with Gasteiger partial charge in [-0.15, -0.1) is 0 Å². The van der Waals surface area contributed by atoms with Crippen molar-refractivity contribution >= 4 is 19.9 Å². The third-order valence-corrected chi connectivity index (χ3v) is 8.64. The van der Waals surface area contributed by atoms with E-state index >= 15 is 0 Å². The standard InChI is InChI=1S/C13H25ClN2O2Si/c1-12(2,3)19(4,5)18-10-9-17-13(14)11(15)7-6-8-16-13/h6-8,16H,9-10,15H2,1-5H3. The van der Waals surface area contributed by atoms with E-state index in [0.29, 0.717) is 18.9 Å². The van der Waals surface area contributed by atoms with Crippen molar-refractivity contribution in [2.75, 3.05) is 13.2 Å². The van der Waals surface area contributed by atoms with Crippen LogP contribution in [0, 0.1) is 0 Å². The molecule has 1 unspecified atom stereocenters. The van der Waals surface area contributed by atoms with E-state index in [1.54, 1.807) is 18.4 Å². The average Bonchev–Trinajstić information content (AvgIpc) is 2.27. The van der Waals surface area contributed by atoms with Crippen molar-refractivity contribution in [3.63, 3.8) is 0 Å². The summed E-state index contributed by atoms with van der Waals surface area (Å²) in [7, 11) is -1.74. The fraction of sp³-hybridized carbons (Fsp3) is 0.692. The number of allylic oxidation sites excluding steroid dienone is 2. The number of nitrogens with one attached hydrogen (secondary N) is 1. The van der Waals surface area contributed by atoms with Gasteiger partial charge >= 0.3 is 0 Å². The fourth-order valence-electron chi connectivity index (χ4n) is 1.32. The molecular weight excluding hydrogens is 280 g/mol. The van der Waals surface area contributed by atoms with Crippen molar-refractivity contribution in [2.45, 2.75) is 44.1 Å². The maximum absolute atomic E-state index is 6.24. The van der Waals surface area contributed by atoms with Crippen LogP contribution in [0.5, 0.6) is 0 Å². The first-order valence-electron chi connectivity index (χ1n) is 6.46. The zero-order valence-corrected chi connectivity index (χ0v) is 14.2. The van der Waals surface area contributed by atoms with Crippen molar-refractivity contribution in [3.8, 4) is 0 Å². The van der Waals surface area contributed by atoms with Gasteiger partial charge in [0.1, 0.15) is 0 Å². The number of hydrogen-bond acceptors (Lipinski definition) is 4. The first-order valence-corrected chi connectivity index (χ1v) is 9.74. The van der Waals surface area contributed by atoms with Crippen LogP contribution < -0.4 is 11.1 Å². The summed E-state index contributed by atoms with van der Waals surface area (Å²) in [6.45, 7) is 11.9. The highest BCUT2D eigenvalue weighted by Crippen LogP contribution is 2.36. The molecule has 0 aromatic carbocycles. The van der Waals surface area contributed by atoms with E-state index < -0.39 is 13.5 Å². The van der Waals surface area contributed by atoms with Crippen LogP contribution in [0.15, 0.2) is 24.0 Å². The lowest BCUT2D eigenvalue weighted by Crippen LogP contribution is -2.47. The third-order valence-electron chi connectivity index (χ3n) is 3.67. The lowest BCUT2D eigenvalue weighted by Gasteiger charge is -2.36. The van der Waals surface area contributed by atoms with E-state index in [0.717, 1.165) is 0 Å². The highest BCUT2D eigenvalue weighted by molar-refractivity contribution is 6.74. The van der Waals surface area contributed by atoms with Crippen molar-refractivity contribution in [2.24, 2.45) is 5.73 Å². The molecule has 0 saturated heterocycles. The Labute approximate surface area is 122 Å². The van der Waals surface area contributed by atoms with E-state index in [1.807, 2.05) is 0 Å². The van der Waals surface area contributed by atoms with Crippen molar-refractivity contribution in [1.29, 1.82) is 0 Å². The molecule has 1 rings (SSSR count). The summed E-state index contributed by atoms with van der Waals surface area (Å²) in [6, 6.07) is 0. The first-order chi connectivity index (χ1) is 8.58. The number of halogens is 1. The topological polar surface area (TPSA) is 56.5 Å². The second-order valence-electron chi connectivity index (χ2n) is 6.18. The Balaban J connectivity index is 2.40. The summed E-state index contributed by atoms with van der Waals surface area (Å²) >= 11 is 6.24. The van der Waals surface area contributed by atoms with Gasteiger partial charge in [0, 0.05) is 6.20 Å². The number of nitrogens with two attached hydrogens (primary N) is 1. The SMILES string of the molecule is CC(C)(C)[Si](C)(C)OCCOC1(Cl)NC=CC=C1N. The molecule has 6 heteroatoms. The summed E-state index contributed by atoms with van der Waals surface area (Å²) in [4.78, 5) is 0. The number of dihydropyridines is 1. The number of ether oxygens (including phenoxy) is 1. The Kier molecular flexibility index (Phi) is 5.12. The quantitative estimate of drug-likeness (QED) is 0.355. The van der Waals surface area contributed by atoms with Gasteiger partial charge in [-0.1, -0.05) is 32.4 Å². The molecule has 0 aromatic rings. The number of rotatable bonds is 5. The second-order valence-corrected chi connectivity index (χ2v) is 11.5. The van der Waals surface area contributed by atoms with Crippen LogP contribution in [-0.4, -0.2) is 26.7 Å². The lowest BCUT2D eigenvalue weighted by atomic mass is 10.2. The van der Waals surface area contributed by atoms with Crippen molar-refractivity contribution in [3.05, 3.63) is 24.0 Å². The molecule has 0 aromatic heterocycles. The van der Waals surface area contributed by atoms with Gasteiger partial charge in [0.2, 0.25) is 0 Å². The van der Waals surface area contributed by atoms with Crippen molar-refractivity contribution < 1.29 is 9.16 Å². The van der Waals surface area contributed by atoms with Crippen LogP contribution in [0.4, 0.5) is 0 Å². The highest BCUT2D eigenvalue weighted by Gasteiger charge is 2.37. The largest absolute Gasteiger partial charge is 0.414 e. The molecule has 110 valence electrons. The van der Waals surface area contributed by atoms with Crippen LogP contribution >= 0.6 is 11.6 Å². The smallest absolute Gasteiger partial charge is 0.258 e. The van der Waals surface area contributed by atoms with E-state index in [9.17, 15) is 0 Å². The monoisotopic (exact) mass is 304 g/mol. The minimum absolute atomic E-state index is 0.191. The van der Waals surface area contributed by atoms with Crippen LogP contribution in [-0.2, 0) is 9.16 Å². The Hall–Kier alpha value is -0.493. The van der Waals surface area contributed by atoms with Gasteiger partial charge in [-0.2, -0.15) is 0 Å². The molecule has 0 amide bonds. The van der Waals surface area contributed by atoms with Gasteiger partial charge < -0.3 is 20.2 Å². The molecule has 0 saturated carbocycles. The minimum Gasteiger partial charge on any atom is -0.414 e. The Morgan fingerprint density at radius 3 is 2.53 bits per heavy atom. The number of alkyl halides is 1. The Morgan fingerprint density at radius 2 is 2.00 bits per heavy atom. The highest BCUT2D eigenvalue weighted by atomic mass is 35.5. The molecule has 0 spiro atoms. The normalized spacial score (nSPS) is 24.0. The summed E-state index contributed by atoms with van der Waals surface area (Å²) in [5, 5.41) is 1.94. The predicted molar refractivity (Wildman–Crippen MR) is 82.2 cm³/mol. The Bertz CT molecular complexity index is 377. The maximum Gasteiger partial charge on any atom is 0.258 e. The molecule has 19 heavy (non-hydrogen) atoms. The molecule has 0 fully saturated rings. The zero-order chi connectivity index (χ0) is 14.7. The summed E-state index contributed by atoms with van der Waals surface area (Å²) in [5.74, 6) is 0. The van der Waals surface area contributed by atoms with Gasteiger partial charge in [-0.05, 0) is 30.3 Å². The number of hydrogen-bond donors (Lipinski definition) is 2. The molecule has 1 atom stereocenters. The summed E-state index contributed by atoms with van der Waals surface area (Å²) in [6.07, 6.45) is 5.21. The molecule has 0 bridgehead atoms. The van der Waals surface area contributed by atoms with Gasteiger partial charge in [-0.25, -0.2) is 0 Å².